The first kappa shape index (κ1) is 14.0. The van der Waals surface area contributed by atoms with Crippen molar-refractivity contribution in [3.63, 3.8) is 0 Å². The Labute approximate surface area is 99.0 Å². The number of alkyl halides is 3. The molecule has 0 saturated carbocycles. The van der Waals surface area contributed by atoms with Crippen molar-refractivity contribution in [1.82, 2.24) is 0 Å². The molecule has 0 aliphatic carbocycles. The Morgan fingerprint density at radius 1 is 1.11 bits per heavy atom. The molecular weight excluding hydrogens is 252 g/mol. The highest BCUT2D eigenvalue weighted by atomic mass is 19.4. The first-order valence-corrected chi connectivity index (χ1v) is 4.73. The lowest BCUT2D eigenvalue weighted by Gasteiger charge is -2.10. The predicted molar refractivity (Wildman–Crippen MR) is 58.4 cm³/mol. The average molecular weight is 260 g/mol. The van der Waals surface area contributed by atoms with Gasteiger partial charge in [-0.1, -0.05) is 18.2 Å². The molecule has 0 spiro atoms. The minimum atomic E-state index is -4.44. The van der Waals surface area contributed by atoms with E-state index in [2.05, 4.69) is 0 Å². The van der Waals surface area contributed by atoms with E-state index in [4.69, 9.17) is 5.11 Å². The van der Waals surface area contributed by atoms with E-state index in [9.17, 15) is 18.0 Å². The van der Waals surface area contributed by atoms with Gasteiger partial charge in [-0.15, -0.1) is 0 Å². The maximum Gasteiger partial charge on any atom is 0.417 e. The predicted octanol–water partition coefficient (Wildman–Crippen LogP) is 3.71. The highest BCUT2D eigenvalue weighted by molar-refractivity contribution is 5.95. The smallest absolute Gasteiger partial charge is 0.417 e. The summed E-state index contributed by atoms with van der Waals surface area (Å²) in [7, 11) is 0. The SMILES string of the molecule is F.O=C(O)c1ccc2c(C(F)(F)F)cccc2c1. The number of halogens is 4. The number of carbonyl (C=O) groups is 1. The Kier molecular flexibility index (Phi) is 3.59. The zero-order chi connectivity index (χ0) is 12.6. The summed E-state index contributed by atoms with van der Waals surface area (Å²) >= 11 is 0. The van der Waals surface area contributed by atoms with Crippen LogP contribution in [0.1, 0.15) is 15.9 Å². The van der Waals surface area contributed by atoms with E-state index in [1.165, 1.54) is 30.3 Å². The number of aromatic carboxylic acids is 1. The summed E-state index contributed by atoms with van der Waals surface area (Å²) in [6.07, 6.45) is -4.44. The van der Waals surface area contributed by atoms with E-state index in [1.54, 1.807) is 0 Å². The van der Waals surface area contributed by atoms with Gasteiger partial charge in [-0.25, -0.2) is 4.79 Å². The fraction of sp³-hybridized carbons (Fsp3) is 0.0833. The molecule has 18 heavy (non-hydrogen) atoms. The Hall–Kier alpha value is -2.11. The van der Waals surface area contributed by atoms with Gasteiger partial charge < -0.3 is 5.11 Å². The van der Waals surface area contributed by atoms with Crippen molar-refractivity contribution in [3.05, 3.63) is 47.5 Å². The summed E-state index contributed by atoms with van der Waals surface area (Å²) in [4.78, 5) is 10.7. The molecule has 1 N–H and O–H groups in total. The van der Waals surface area contributed by atoms with Crippen molar-refractivity contribution < 1.29 is 27.8 Å². The van der Waals surface area contributed by atoms with Crippen molar-refractivity contribution in [2.45, 2.75) is 6.18 Å². The quantitative estimate of drug-likeness (QED) is 0.793. The van der Waals surface area contributed by atoms with Gasteiger partial charge in [0.1, 0.15) is 0 Å². The van der Waals surface area contributed by atoms with Crippen molar-refractivity contribution in [2.24, 2.45) is 0 Å². The van der Waals surface area contributed by atoms with E-state index in [0.717, 1.165) is 6.07 Å². The van der Waals surface area contributed by atoms with E-state index >= 15 is 0 Å². The van der Waals surface area contributed by atoms with Crippen LogP contribution >= 0.6 is 0 Å². The molecule has 6 heteroatoms. The third-order valence-electron chi connectivity index (χ3n) is 2.43. The number of carboxylic acids is 1. The van der Waals surface area contributed by atoms with Crippen LogP contribution in [-0.4, -0.2) is 11.1 Å². The van der Waals surface area contributed by atoms with Gasteiger partial charge >= 0.3 is 12.1 Å². The zero-order valence-corrected chi connectivity index (χ0v) is 8.86. The normalized spacial score (nSPS) is 11.1. The van der Waals surface area contributed by atoms with Gasteiger partial charge in [-0.3, -0.25) is 4.70 Å². The first-order valence-electron chi connectivity index (χ1n) is 4.73. The molecule has 2 aromatic rings. The van der Waals surface area contributed by atoms with Crippen molar-refractivity contribution in [3.8, 4) is 0 Å². The molecule has 0 heterocycles. The second-order valence-corrected chi connectivity index (χ2v) is 3.54. The van der Waals surface area contributed by atoms with E-state index in [1.807, 2.05) is 0 Å². The second-order valence-electron chi connectivity index (χ2n) is 3.54. The Morgan fingerprint density at radius 2 is 1.78 bits per heavy atom. The monoisotopic (exact) mass is 260 g/mol. The molecule has 2 nitrogen and oxygen atoms in total. The molecule has 0 bridgehead atoms. The molecule has 0 aliphatic heterocycles. The lowest BCUT2D eigenvalue weighted by molar-refractivity contribution is -0.136. The largest absolute Gasteiger partial charge is 0.478 e. The number of hydrogen-bond donors (Lipinski definition) is 1. The third-order valence-corrected chi connectivity index (χ3v) is 2.43. The number of fused-ring (bicyclic) bond motifs is 1. The summed E-state index contributed by atoms with van der Waals surface area (Å²) in [5, 5.41) is 9.02. The Balaban J connectivity index is 0.00000162. The van der Waals surface area contributed by atoms with Crippen LogP contribution in [0, 0.1) is 0 Å². The molecule has 2 rings (SSSR count). The maximum atomic E-state index is 12.7. The molecule has 0 amide bonds. The average Bonchev–Trinajstić information content (AvgIpc) is 2.26. The lowest BCUT2D eigenvalue weighted by Crippen LogP contribution is -2.06. The molecular formula is C12H8F4O2. The highest BCUT2D eigenvalue weighted by Crippen LogP contribution is 2.34. The van der Waals surface area contributed by atoms with E-state index in [0.29, 0.717) is 0 Å². The van der Waals surface area contributed by atoms with Crippen molar-refractivity contribution in [2.75, 3.05) is 0 Å². The van der Waals surface area contributed by atoms with E-state index in [-0.39, 0.29) is 21.0 Å². The molecule has 0 aliphatic rings. The lowest BCUT2D eigenvalue weighted by atomic mass is 10.0. The number of benzene rings is 2. The van der Waals surface area contributed by atoms with Crippen LogP contribution in [0.25, 0.3) is 10.8 Å². The molecule has 0 saturated heterocycles. The van der Waals surface area contributed by atoms with Crippen molar-refractivity contribution >= 4 is 16.7 Å². The second kappa shape index (κ2) is 4.64. The summed E-state index contributed by atoms with van der Waals surface area (Å²) in [6.45, 7) is 0. The maximum absolute atomic E-state index is 12.7. The Bertz CT molecular complexity index is 590. The first-order chi connectivity index (χ1) is 7.89. The fourth-order valence-corrected chi connectivity index (χ4v) is 1.66. The molecule has 96 valence electrons. The third kappa shape index (κ3) is 2.42. The van der Waals surface area contributed by atoms with Gasteiger partial charge in [0.05, 0.1) is 11.1 Å². The van der Waals surface area contributed by atoms with Gasteiger partial charge in [0, 0.05) is 0 Å². The molecule has 0 fully saturated rings. The van der Waals surface area contributed by atoms with Gasteiger partial charge in [-0.2, -0.15) is 13.2 Å². The summed E-state index contributed by atoms with van der Waals surface area (Å²) in [6, 6.07) is 7.27. The minimum absolute atomic E-state index is 0. The number of carboxylic acid groups (broad SMARTS) is 1. The van der Waals surface area contributed by atoms with E-state index < -0.39 is 17.7 Å². The topological polar surface area (TPSA) is 37.3 Å². The summed E-state index contributed by atoms with van der Waals surface area (Å²) in [5.74, 6) is -1.16. The van der Waals surface area contributed by atoms with Crippen LogP contribution in [0.3, 0.4) is 0 Å². The number of hydrogen-bond acceptors (Lipinski definition) is 1. The Morgan fingerprint density at radius 3 is 2.33 bits per heavy atom. The van der Waals surface area contributed by atoms with Gasteiger partial charge in [0.25, 0.3) is 0 Å². The van der Waals surface area contributed by atoms with Crippen LogP contribution in [-0.2, 0) is 6.18 Å². The van der Waals surface area contributed by atoms with Gasteiger partial charge in [0.15, 0.2) is 0 Å². The summed E-state index contributed by atoms with van der Waals surface area (Å²) in [5.41, 5.74) is -0.788. The van der Waals surface area contributed by atoms with Crippen molar-refractivity contribution in [1.29, 1.82) is 0 Å². The van der Waals surface area contributed by atoms with Crippen LogP contribution in [0.2, 0.25) is 0 Å². The van der Waals surface area contributed by atoms with Crippen LogP contribution in [0.5, 0.6) is 0 Å². The molecule has 2 aromatic carbocycles. The van der Waals surface area contributed by atoms with Crippen LogP contribution in [0.15, 0.2) is 36.4 Å². The minimum Gasteiger partial charge on any atom is -0.478 e. The standard InChI is InChI=1S/C12H7F3O2.FH/c13-12(14,15)10-3-1-2-7-6-8(11(16)17)4-5-9(7)10;/h1-6H,(H,16,17);1H. The molecule has 0 radical (unpaired) electrons. The zero-order valence-electron chi connectivity index (χ0n) is 8.86. The molecule has 0 atom stereocenters. The van der Waals surface area contributed by atoms with Crippen LogP contribution in [0.4, 0.5) is 17.9 Å². The number of rotatable bonds is 1. The van der Waals surface area contributed by atoms with Gasteiger partial charge in [0.2, 0.25) is 0 Å². The highest BCUT2D eigenvalue weighted by Gasteiger charge is 2.32. The van der Waals surface area contributed by atoms with Crippen LogP contribution < -0.4 is 0 Å². The molecule has 0 unspecified atom stereocenters. The molecule has 0 aromatic heterocycles. The fourth-order valence-electron chi connectivity index (χ4n) is 1.66. The summed E-state index contributed by atoms with van der Waals surface area (Å²) < 4.78 is 38.0. The van der Waals surface area contributed by atoms with Gasteiger partial charge in [-0.05, 0) is 29.0 Å².